The van der Waals surface area contributed by atoms with Crippen molar-refractivity contribution in [3.8, 4) is 0 Å². The fourth-order valence-corrected chi connectivity index (χ4v) is 1.03. The number of nitrogens with zero attached hydrogens (tertiary/aromatic N) is 1. The summed E-state index contributed by atoms with van der Waals surface area (Å²) in [7, 11) is 0. The number of benzene rings is 1. The van der Waals surface area contributed by atoms with Gasteiger partial charge in [-0.3, -0.25) is 10.1 Å². The van der Waals surface area contributed by atoms with Crippen LogP contribution in [0.2, 0.25) is 0 Å². The minimum Gasteiger partial charge on any atom is -0.389 e. The van der Waals surface area contributed by atoms with Crippen molar-refractivity contribution in [3.63, 3.8) is 0 Å². The fraction of sp³-hybridized carbons (Fsp3) is 0. The number of nitro benzene ring substituents is 1. The molecule has 1 rings (SSSR count). The summed E-state index contributed by atoms with van der Waals surface area (Å²) < 4.78 is 12.6. The molecule has 0 amide bonds. The minimum absolute atomic E-state index is 0.0556. The molecule has 0 aromatic heterocycles. The Hall–Kier alpha value is -1.56. The Balaban J connectivity index is 3.35. The van der Waals surface area contributed by atoms with Gasteiger partial charge in [-0.05, 0) is 12.1 Å². The molecule has 0 atom stereocenters. The van der Waals surface area contributed by atoms with Gasteiger partial charge in [0.2, 0.25) is 0 Å². The van der Waals surface area contributed by atoms with Crippen LogP contribution in [0.1, 0.15) is 5.56 Å². The standard InChI is InChI=1S/C7H5FN2O2S/c8-4-1-2-6(10(11)12)5(3-4)7(9)13/h1-3H,(H2,9,13). The molecular formula is C7H5FN2O2S. The Bertz CT molecular complexity index is 381. The van der Waals surface area contributed by atoms with Gasteiger partial charge in [0.1, 0.15) is 10.8 Å². The van der Waals surface area contributed by atoms with E-state index in [9.17, 15) is 14.5 Å². The topological polar surface area (TPSA) is 69.2 Å². The molecular weight excluding hydrogens is 195 g/mol. The van der Waals surface area contributed by atoms with E-state index in [0.717, 1.165) is 18.2 Å². The van der Waals surface area contributed by atoms with E-state index in [1.807, 2.05) is 0 Å². The Labute approximate surface area is 78.3 Å². The fourth-order valence-electron chi connectivity index (χ4n) is 0.865. The van der Waals surface area contributed by atoms with Crippen molar-refractivity contribution in [1.82, 2.24) is 0 Å². The van der Waals surface area contributed by atoms with Crippen LogP contribution in [-0.4, -0.2) is 9.91 Å². The Morgan fingerprint density at radius 1 is 1.62 bits per heavy atom. The molecule has 2 N–H and O–H groups in total. The summed E-state index contributed by atoms with van der Waals surface area (Å²) in [5.74, 6) is -0.603. The molecule has 0 saturated heterocycles. The van der Waals surface area contributed by atoms with Crippen molar-refractivity contribution in [3.05, 3.63) is 39.7 Å². The lowest BCUT2D eigenvalue weighted by molar-refractivity contribution is -0.385. The van der Waals surface area contributed by atoms with Crippen LogP contribution in [0.15, 0.2) is 18.2 Å². The van der Waals surface area contributed by atoms with Gasteiger partial charge in [-0.15, -0.1) is 0 Å². The van der Waals surface area contributed by atoms with E-state index in [4.69, 9.17) is 5.73 Å². The first kappa shape index (κ1) is 9.53. The second-order valence-electron chi connectivity index (χ2n) is 2.28. The Morgan fingerprint density at radius 2 is 2.23 bits per heavy atom. The van der Waals surface area contributed by atoms with Crippen molar-refractivity contribution in [2.24, 2.45) is 5.73 Å². The first-order valence-corrected chi connectivity index (χ1v) is 3.67. The maximum absolute atomic E-state index is 12.6. The highest BCUT2D eigenvalue weighted by atomic mass is 32.1. The molecule has 0 heterocycles. The molecule has 6 heteroatoms. The van der Waals surface area contributed by atoms with Crippen molar-refractivity contribution < 1.29 is 9.31 Å². The Kier molecular flexibility index (Phi) is 2.52. The zero-order valence-electron chi connectivity index (χ0n) is 6.36. The summed E-state index contributed by atoms with van der Waals surface area (Å²) in [6.07, 6.45) is 0. The molecule has 0 fully saturated rings. The molecule has 4 nitrogen and oxygen atoms in total. The lowest BCUT2D eigenvalue weighted by atomic mass is 10.2. The molecule has 13 heavy (non-hydrogen) atoms. The predicted molar refractivity (Wildman–Crippen MR) is 48.9 cm³/mol. The van der Waals surface area contributed by atoms with Gasteiger partial charge in [0, 0.05) is 6.07 Å². The van der Waals surface area contributed by atoms with Gasteiger partial charge >= 0.3 is 0 Å². The summed E-state index contributed by atoms with van der Waals surface area (Å²) >= 11 is 4.54. The number of nitro groups is 1. The van der Waals surface area contributed by atoms with Gasteiger partial charge in [0.05, 0.1) is 10.5 Å². The average Bonchev–Trinajstić information content (AvgIpc) is 2.03. The molecule has 0 bridgehead atoms. The van der Waals surface area contributed by atoms with Gasteiger partial charge < -0.3 is 5.73 Å². The largest absolute Gasteiger partial charge is 0.389 e. The monoisotopic (exact) mass is 200 g/mol. The molecule has 0 spiro atoms. The maximum atomic E-state index is 12.6. The summed E-state index contributed by atoms with van der Waals surface area (Å²) in [6, 6.07) is 2.96. The SMILES string of the molecule is NC(=S)c1cc(F)ccc1[N+](=O)[O-]. The van der Waals surface area contributed by atoms with Gasteiger partial charge in [0.25, 0.3) is 5.69 Å². The molecule has 0 aliphatic rings. The second kappa shape index (κ2) is 3.44. The van der Waals surface area contributed by atoms with Crippen LogP contribution in [0.4, 0.5) is 10.1 Å². The first-order chi connectivity index (χ1) is 6.02. The van der Waals surface area contributed by atoms with Crippen LogP contribution < -0.4 is 5.73 Å². The zero-order valence-corrected chi connectivity index (χ0v) is 7.18. The number of thiocarbonyl (C=S) groups is 1. The number of hydrogen-bond acceptors (Lipinski definition) is 3. The summed E-state index contributed by atoms with van der Waals surface area (Å²) in [5.41, 5.74) is 4.84. The van der Waals surface area contributed by atoms with E-state index in [-0.39, 0.29) is 16.2 Å². The molecule has 0 aliphatic heterocycles. The summed E-state index contributed by atoms with van der Waals surface area (Å²) in [5, 5.41) is 10.4. The highest BCUT2D eigenvalue weighted by molar-refractivity contribution is 7.80. The predicted octanol–water partition coefficient (Wildman–Crippen LogP) is 1.37. The van der Waals surface area contributed by atoms with E-state index < -0.39 is 10.7 Å². The third-order valence-corrected chi connectivity index (χ3v) is 1.64. The molecule has 0 radical (unpaired) electrons. The molecule has 1 aromatic carbocycles. The quantitative estimate of drug-likeness (QED) is 0.444. The van der Waals surface area contributed by atoms with Gasteiger partial charge in [-0.1, -0.05) is 12.2 Å². The molecule has 0 unspecified atom stereocenters. The van der Waals surface area contributed by atoms with E-state index in [1.54, 1.807) is 0 Å². The zero-order chi connectivity index (χ0) is 10.0. The second-order valence-corrected chi connectivity index (χ2v) is 2.72. The molecule has 1 aromatic rings. The highest BCUT2D eigenvalue weighted by Crippen LogP contribution is 2.18. The van der Waals surface area contributed by atoms with Crippen LogP contribution in [0, 0.1) is 15.9 Å². The van der Waals surface area contributed by atoms with Crippen molar-refractivity contribution in [1.29, 1.82) is 0 Å². The van der Waals surface area contributed by atoms with Gasteiger partial charge in [0.15, 0.2) is 0 Å². The summed E-state index contributed by atoms with van der Waals surface area (Å²) in [4.78, 5) is 9.56. The molecule has 68 valence electrons. The van der Waals surface area contributed by atoms with Crippen LogP contribution in [0.3, 0.4) is 0 Å². The van der Waals surface area contributed by atoms with Crippen LogP contribution in [-0.2, 0) is 0 Å². The number of nitrogens with two attached hydrogens (primary N) is 1. The van der Waals surface area contributed by atoms with Crippen LogP contribution in [0.25, 0.3) is 0 Å². The normalized spacial score (nSPS) is 9.62. The third-order valence-electron chi connectivity index (χ3n) is 1.42. The highest BCUT2D eigenvalue weighted by Gasteiger charge is 2.15. The number of hydrogen-bond donors (Lipinski definition) is 1. The van der Waals surface area contributed by atoms with Gasteiger partial charge in [-0.2, -0.15) is 0 Å². The van der Waals surface area contributed by atoms with E-state index >= 15 is 0 Å². The Morgan fingerprint density at radius 3 is 2.69 bits per heavy atom. The average molecular weight is 200 g/mol. The molecule has 0 saturated carbocycles. The van der Waals surface area contributed by atoms with Crippen LogP contribution >= 0.6 is 12.2 Å². The van der Waals surface area contributed by atoms with Crippen molar-refractivity contribution in [2.45, 2.75) is 0 Å². The van der Waals surface area contributed by atoms with Crippen LogP contribution in [0.5, 0.6) is 0 Å². The third kappa shape index (κ3) is 1.97. The first-order valence-electron chi connectivity index (χ1n) is 3.26. The smallest absolute Gasteiger partial charge is 0.279 e. The lowest BCUT2D eigenvalue weighted by Crippen LogP contribution is -2.12. The minimum atomic E-state index is -0.659. The van der Waals surface area contributed by atoms with Crippen molar-refractivity contribution >= 4 is 22.9 Å². The van der Waals surface area contributed by atoms with E-state index in [0.29, 0.717) is 0 Å². The number of halogens is 1. The number of rotatable bonds is 2. The maximum Gasteiger partial charge on any atom is 0.279 e. The molecule has 0 aliphatic carbocycles. The van der Waals surface area contributed by atoms with E-state index in [1.165, 1.54) is 0 Å². The van der Waals surface area contributed by atoms with E-state index in [2.05, 4.69) is 12.2 Å². The van der Waals surface area contributed by atoms with Gasteiger partial charge in [-0.25, -0.2) is 4.39 Å². The van der Waals surface area contributed by atoms with Crippen molar-refractivity contribution in [2.75, 3.05) is 0 Å². The summed E-state index contributed by atoms with van der Waals surface area (Å²) in [6.45, 7) is 0. The lowest BCUT2D eigenvalue weighted by Gasteiger charge is -1.99.